The zero-order valence-electron chi connectivity index (χ0n) is 50.1. The van der Waals surface area contributed by atoms with Gasteiger partial charge >= 0.3 is 0 Å². The van der Waals surface area contributed by atoms with Crippen molar-refractivity contribution in [2.24, 2.45) is 0 Å². The van der Waals surface area contributed by atoms with Crippen LogP contribution in [0, 0.1) is 0 Å². The highest BCUT2D eigenvalue weighted by atomic mass is 32.2. The maximum atomic E-state index is 13.7. The molecule has 2 aliphatic heterocycles. The first-order chi connectivity index (χ1) is 39.9. The van der Waals surface area contributed by atoms with Gasteiger partial charge in [0.15, 0.2) is 6.29 Å². The Bertz CT molecular complexity index is 2870. The summed E-state index contributed by atoms with van der Waals surface area (Å²) in [5.74, 6) is 0.226. The molecule has 2 aromatic rings. The minimum absolute atomic E-state index is 0.139. The third-order valence-electron chi connectivity index (χ3n) is 16.0. The van der Waals surface area contributed by atoms with Crippen LogP contribution in [0.2, 0.25) is 0 Å². The molecule has 1 saturated heterocycles. The second-order valence-electron chi connectivity index (χ2n) is 22.1. The van der Waals surface area contributed by atoms with Crippen LogP contribution in [0.15, 0.2) is 81.0 Å². The Labute approximate surface area is 494 Å². The van der Waals surface area contributed by atoms with Crippen LogP contribution in [0.1, 0.15) is 176 Å². The van der Waals surface area contributed by atoms with E-state index in [9.17, 15) is 51.7 Å². The summed E-state index contributed by atoms with van der Waals surface area (Å²) in [4.78, 5) is 14.5. The highest BCUT2D eigenvalue weighted by Crippen LogP contribution is 2.43. The quantitative estimate of drug-likeness (QED) is 0.00678. The molecular weight excluding hydrogens is 1100 g/mol. The number of sulfonamides is 1. The maximum Gasteiger partial charge on any atom is 0.295 e. The van der Waals surface area contributed by atoms with Gasteiger partial charge in [0.2, 0.25) is 21.3 Å². The Morgan fingerprint density at radius 3 is 1.93 bits per heavy atom. The molecule has 7 unspecified atom stereocenters. The molecule has 3 aliphatic rings. The lowest BCUT2D eigenvalue weighted by Gasteiger charge is -2.40. The summed E-state index contributed by atoms with van der Waals surface area (Å²) < 4.78 is 86.9. The molecule has 0 saturated carbocycles. The van der Waals surface area contributed by atoms with Crippen molar-refractivity contribution >= 4 is 42.7 Å². The van der Waals surface area contributed by atoms with Gasteiger partial charge in [-0.25, -0.2) is 17.7 Å². The first-order valence-corrected chi connectivity index (χ1v) is 33.9. The average Bonchev–Trinajstić information content (AvgIpc) is 3.67. The van der Waals surface area contributed by atoms with Gasteiger partial charge in [-0.05, 0) is 83.7 Å². The van der Waals surface area contributed by atoms with E-state index in [2.05, 4.69) is 54.1 Å². The van der Waals surface area contributed by atoms with Gasteiger partial charge in [-0.2, -0.15) is 8.42 Å². The molecule has 0 bridgehead atoms. The molecule has 1 aliphatic carbocycles. The van der Waals surface area contributed by atoms with E-state index in [0.717, 1.165) is 107 Å². The van der Waals surface area contributed by atoms with Crippen molar-refractivity contribution in [3.8, 4) is 22.5 Å². The lowest BCUT2D eigenvalue weighted by molar-refractivity contribution is -0.302. The van der Waals surface area contributed by atoms with Crippen molar-refractivity contribution in [3.63, 3.8) is 0 Å². The molecule has 5 rings (SSSR count). The van der Waals surface area contributed by atoms with E-state index in [4.69, 9.17) is 13.9 Å². The van der Waals surface area contributed by atoms with Gasteiger partial charge in [-0.3, -0.25) is 9.35 Å². The fraction of sp³-hybridized carbons (Fsp3) is 0.651. The number of allylic oxidation sites excluding steroid dienone is 1. The number of hydrogen-bond acceptors (Lipinski definition) is 14. The third-order valence-corrected chi connectivity index (χ3v) is 18.3. The smallest absolute Gasteiger partial charge is 0.295 e. The Morgan fingerprint density at radius 1 is 0.723 bits per heavy atom. The van der Waals surface area contributed by atoms with Gasteiger partial charge in [0.05, 0.1) is 36.3 Å². The molecule has 83 heavy (non-hydrogen) atoms. The first-order valence-electron chi connectivity index (χ1n) is 30.9. The van der Waals surface area contributed by atoms with Gasteiger partial charge in [0.25, 0.3) is 10.1 Å². The van der Waals surface area contributed by atoms with Crippen LogP contribution in [0.5, 0.6) is 0 Å². The number of amides is 1. The molecule has 0 spiro atoms. The van der Waals surface area contributed by atoms with E-state index < -0.39 is 74.5 Å². The molecule has 0 aromatic heterocycles. The summed E-state index contributed by atoms with van der Waals surface area (Å²) in [6.07, 6.45) is 17.0. The van der Waals surface area contributed by atoms with Crippen LogP contribution in [0.3, 0.4) is 0 Å². The number of benzene rings is 3. The highest BCUT2D eigenvalue weighted by Gasteiger charge is 2.44. The third kappa shape index (κ3) is 21.3. The largest absolute Gasteiger partial charge is 0.456 e. The SMILES string of the molecule is CCCCCCCCCCCCCC=CC(O)C(COC1OC(CO)C(O)C(O)C1O)NC(=O)CCCCCCCCCCCNS(=O)(=O)c1ccc(-c2c3ccc(=[N+](CC)CC)cc-3oc3cc(N(CC)CC)ccc23)c(S(=O)(=O)O)c1. The first kappa shape index (κ1) is 69.5. The average molecular weight is 1200 g/mol. The number of unbranched alkanes of at least 4 members (excludes halogenated alkanes) is 19. The fourth-order valence-electron chi connectivity index (χ4n) is 11.0. The number of anilines is 1. The number of carbonyl (C=O) groups is 1. The number of aliphatic hydroxyl groups is 5. The number of nitrogens with zero attached hydrogens (tertiary/aromatic N) is 2. The molecule has 1 amide bonds. The molecule has 0 radical (unpaired) electrons. The van der Waals surface area contributed by atoms with Crippen molar-refractivity contribution in [2.75, 3.05) is 50.8 Å². The van der Waals surface area contributed by atoms with Crippen LogP contribution in [0.4, 0.5) is 5.69 Å². The Balaban J connectivity index is 1.07. The minimum Gasteiger partial charge on any atom is -0.456 e. The molecule has 2 heterocycles. The number of rotatable bonds is 40. The predicted molar refractivity (Wildman–Crippen MR) is 327 cm³/mol. The van der Waals surface area contributed by atoms with E-state index in [1.54, 1.807) is 6.08 Å². The van der Waals surface area contributed by atoms with E-state index in [1.807, 2.05) is 42.5 Å². The lowest BCUT2D eigenvalue weighted by Crippen LogP contribution is -2.60. The summed E-state index contributed by atoms with van der Waals surface area (Å²) in [5, 5.41) is 56.1. The molecule has 2 aromatic carbocycles. The maximum absolute atomic E-state index is 13.7. The summed E-state index contributed by atoms with van der Waals surface area (Å²) in [6.45, 7) is 12.8. The molecule has 18 nitrogen and oxygen atoms in total. The fourth-order valence-corrected chi connectivity index (χ4v) is 12.9. The van der Waals surface area contributed by atoms with Crippen LogP contribution in [-0.4, -0.2) is 142 Å². The highest BCUT2D eigenvalue weighted by molar-refractivity contribution is 7.89. The number of aliphatic hydroxyl groups excluding tert-OH is 5. The van der Waals surface area contributed by atoms with Crippen molar-refractivity contribution in [2.45, 2.75) is 229 Å². The number of nitrogens with one attached hydrogen (secondary N) is 2. The van der Waals surface area contributed by atoms with E-state index in [-0.39, 0.29) is 35.9 Å². The van der Waals surface area contributed by atoms with Gasteiger partial charge in [0, 0.05) is 66.0 Å². The lowest BCUT2D eigenvalue weighted by atomic mass is 9.93. The van der Waals surface area contributed by atoms with Crippen molar-refractivity contribution in [1.82, 2.24) is 14.6 Å². The predicted octanol–water partition coefficient (Wildman–Crippen LogP) is 9.21. The standard InChI is InChI=1S/C63H98N4O14S2/c1-6-11-12-13-14-15-16-17-18-20-23-26-29-32-53(69)52(45-79-63-62(73)61(72)60(71)56(44-68)81-63)65-58(70)33-30-27-24-21-19-22-25-28-31-40-64-82(74,75)48-36-39-51(57(43-48)83(76,77)78)59-49-37-34-46(66(7-2)8-3)41-54(49)80-55-42-47(35-38-50(55)59)67(9-4)10-5/h29,32,34-39,41-43,52-53,56,60-64,68-69,71-73H,6-28,30-31,33,40,44-45H2,1-5H3,(H-,65,70,76,77,78)/p+1. The van der Waals surface area contributed by atoms with Crippen LogP contribution in [0.25, 0.3) is 33.4 Å². The number of carbonyl (C=O) groups excluding carboxylic acids is 1. The van der Waals surface area contributed by atoms with Crippen LogP contribution < -0.4 is 24.9 Å². The zero-order chi connectivity index (χ0) is 60.4. The van der Waals surface area contributed by atoms with E-state index in [0.29, 0.717) is 40.7 Å². The van der Waals surface area contributed by atoms with Gasteiger partial charge < -0.3 is 49.6 Å². The second-order valence-corrected chi connectivity index (χ2v) is 25.2. The molecule has 466 valence electrons. The number of hydrogen-bond donors (Lipinski definition) is 8. The monoisotopic (exact) mass is 1200 g/mol. The topological polar surface area (TPSA) is 269 Å². The van der Waals surface area contributed by atoms with E-state index >= 15 is 0 Å². The summed E-state index contributed by atoms with van der Waals surface area (Å²) in [6, 6.07) is 14.4. The van der Waals surface area contributed by atoms with Gasteiger partial charge in [0.1, 0.15) is 53.7 Å². The second kappa shape index (κ2) is 36.0. The van der Waals surface area contributed by atoms with E-state index in [1.165, 1.54) is 69.9 Å². The van der Waals surface area contributed by atoms with Gasteiger partial charge in [-0.1, -0.05) is 134 Å². The summed E-state index contributed by atoms with van der Waals surface area (Å²) in [7, 11) is -9.11. The van der Waals surface area contributed by atoms with Crippen molar-refractivity contribution in [3.05, 3.63) is 72.1 Å². The van der Waals surface area contributed by atoms with Crippen LogP contribution >= 0.6 is 0 Å². The van der Waals surface area contributed by atoms with Crippen molar-refractivity contribution in [1.29, 1.82) is 0 Å². The Hall–Kier alpha value is -4.32. The Morgan fingerprint density at radius 2 is 1.33 bits per heavy atom. The van der Waals surface area contributed by atoms with Crippen molar-refractivity contribution < 1.29 is 65.6 Å². The van der Waals surface area contributed by atoms with Gasteiger partial charge in [-0.15, -0.1) is 0 Å². The molecule has 20 heteroatoms. The van der Waals surface area contributed by atoms with Crippen LogP contribution in [-0.2, 0) is 34.4 Å². The summed E-state index contributed by atoms with van der Waals surface area (Å²) in [5.41, 5.74) is 2.66. The number of ether oxygens (including phenoxy) is 2. The zero-order valence-corrected chi connectivity index (χ0v) is 51.7. The number of fused-ring (bicyclic) bond motifs is 2. The summed E-state index contributed by atoms with van der Waals surface area (Å²) >= 11 is 0. The normalized spacial score (nSPS) is 18.5. The molecule has 8 N–H and O–H groups in total. The Kier molecular flexibility index (Phi) is 30.1. The molecule has 1 fully saturated rings. The molecular formula is C63H99N4O14S2+. The minimum atomic E-state index is -4.94. The molecule has 7 atom stereocenters.